The number of urea groups is 1. The fourth-order valence-electron chi connectivity index (χ4n) is 1.84. The highest BCUT2D eigenvalue weighted by atomic mass is 16.5. The monoisotopic (exact) mass is 245 g/mol. The van der Waals surface area contributed by atoms with Crippen molar-refractivity contribution in [3.05, 3.63) is 35.9 Å². The van der Waals surface area contributed by atoms with Gasteiger partial charge in [-0.25, -0.2) is 4.79 Å². The average Bonchev–Trinajstić information content (AvgIpc) is 2.90. The van der Waals surface area contributed by atoms with Gasteiger partial charge in [0.05, 0.1) is 18.7 Å². The zero-order chi connectivity index (χ0) is 12.8. The molecule has 0 aliphatic carbocycles. The summed E-state index contributed by atoms with van der Waals surface area (Å²) in [5.74, 6) is 0. The maximum Gasteiger partial charge on any atom is 0.316 e. The molecule has 1 fully saturated rings. The van der Waals surface area contributed by atoms with Crippen LogP contribution in [0.1, 0.15) is 18.0 Å². The van der Waals surface area contributed by atoms with Crippen LogP contribution in [0.4, 0.5) is 4.79 Å². The highest BCUT2D eigenvalue weighted by Crippen LogP contribution is 2.11. The first-order chi connectivity index (χ1) is 8.79. The third-order valence-corrected chi connectivity index (χ3v) is 2.80. The zero-order valence-electron chi connectivity index (χ0n) is 9.93. The molecule has 94 valence electrons. The smallest absolute Gasteiger partial charge is 0.316 e. The van der Waals surface area contributed by atoms with Crippen molar-refractivity contribution < 1.29 is 9.53 Å². The Kier molecular flexibility index (Phi) is 4.15. The number of ether oxygens (including phenoxy) is 1. The molecule has 1 heterocycles. The van der Waals surface area contributed by atoms with Crippen LogP contribution in [-0.2, 0) is 4.74 Å². The first-order valence-corrected chi connectivity index (χ1v) is 5.89. The molecule has 0 aromatic heterocycles. The van der Waals surface area contributed by atoms with Crippen molar-refractivity contribution in [2.24, 2.45) is 0 Å². The summed E-state index contributed by atoms with van der Waals surface area (Å²) in [5.41, 5.74) is 0.776. The second kappa shape index (κ2) is 6.03. The molecule has 1 saturated heterocycles. The summed E-state index contributed by atoms with van der Waals surface area (Å²) in [6, 6.07) is 10.3. The minimum atomic E-state index is -0.631. The van der Waals surface area contributed by atoms with Crippen LogP contribution in [0.5, 0.6) is 0 Å². The normalized spacial score (nSPS) is 19.8. The predicted octanol–water partition coefficient (Wildman–Crippen LogP) is 1.34. The first-order valence-electron chi connectivity index (χ1n) is 5.89. The third kappa shape index (κ3) is 3.22. The highest BCUT2D eigenvalue weighted by molar-refractivity contribution is 5.75. The maximum atomic E-state index is 11.7. The molecule has 1 aromatic carbocycles. The summed E-state index contributed by atoms with van der Waals surface area (Å²) in [5, 5.41) is 14.5. The molecule has 1 aliphatic rings. The zero-order valence-corrected chi connectivity index (χ0v) is 9.93. The van der Waals surface area contributed by atoms with Crippen molar-refractivity contribution in [2.45, 2.75) is 18.5 Å². The van der Waals surface area contributed by atoms with Gasteiger partial charge < -0.3 is 15.4 Å². The number of nitrogens with zero attached hydrogens (tertiary/aromatic N) is 1. The standard InChI is InChI=1S/C13H15N3O2/c14-8-12(10-4-2-1-3-5-10)16-13(17)15-11-6-7-18-9-11/h1-5,11-12H,6-7,9H2,(H2,15,16,17). The molecule has 0 spiro atoms. The molecule has 5 heteroatoms. The molecule has 1 aromatic rings. The Morgan fingerprint density at radius 2 is 2.22 bits per heavy atom. The van der Waals surface area contributed by atoms with Gasteiger partial charge in [-0.2, -0.15) is 5.26 Å². The van der Waals surface area contributed by atoms with Gasteiger partial charge in [0, 0.05) is 6.61 Å². The number of hydrogen-bond donors (Lipinski definition) is 2. The highest BCUT2D eigenvalue weighted by Gasteiger charge is 2.19. The SMILES string of the molecule is N#CC(NC(=O)NC1CCOC1)c1ccccc1. The lowest BCUT2D eigenvalue weighted by atomic mass is 10.1. The van der Waals surface area contributed by atoms with E-state index in [-0.39, 0.29) is 12.1 Å². The molecule has 0 bridgehead atoms. The lowest BCUT2D eigenvalue weighted by Crippen LogP contribution is -2.43. The first kappa shape index (κ1) is 12.4. The van der Waals surface area contributed by atoms with Gasteiger partial charge in [-0.3, -0.25) is 0 Å². The minimum absolute atomic E-state index is 0.0418. The fourth-order valence-corrected chi connectivity index (χ4v) is 1.84. The van der Waals surface area contributed by atoms with Crippen molar-refractivity contribution in [3.63, 3.8) is 0 Å². The number of rotatable bonds is 3. The summed E-state index contributed by atoms with van der Waals surface area (Å²) in [4.78, 5) is 11.7. The van der Waals surface area contributed by atoms with Crippen molar-refractivity contribution in [3.8, 4) is 6.07 Å². The number of benzene rings is 1. The predicted molar refractivity (Wildman–Crippen MR) is 65.7 cm³/mol. The van der Waals surface area contributed by atoms with Crippen LogP contribution in [0.15, 0.2) is 30.3 Å². The van der Waals surface area contributed by atoms with Gasteiger partial charge in [-0.15, -0.1) is 0 Å². The van der Waals surface area contributed by atoms with Crippen LogP contribution < -0.4 is 10.6 Å². The number of carbonyl (C=O) groups is 1. The van der Waals surface area contributed by atoms with E-state index in [2.05, 4.69) is 16.7 Å². The molecular weight excluding hydrogens is 230 g/mol. The number of amides is 2. The number of hydrogen-bond acceptors (Lipinski definition) is 3. The summed E-state index contributed by atoms with van der Waals surface area (Å²) < 4.78 is 5.17. The van der Waals surface area contributed by atoms with Crippen LogP contribution in [0.25, 0.3) is 0 Å². The molecule has 2 rings (SSSR count). The lowest BCUT2D eigenvalue weighted by molar-refractivity contribution is 0.188. The summed E-state index contributed by atoms with van der Waals surface area (Å²) >= 11 is 0. The Morgan fingerprint density at radius 3 is 2.83 bits per heavy atom. The quantitative estimate of drug-likeness (QED) is 0.843. The van der Waals surface area contributed by atoms with Crippen LogP contribution >= 0.6 is 0 Å². The molecule has 0 radical (unpaired) electrons. The van der Waals surface area contributed by atoms with E-state index in [9.17, 15) is 4.79 Å². The van der Waals surface area contributed by atoms with Crippen LogP contribution in [0.3, 0.4) is 0 Å². The van der Waals surface area contributed by atoms with Gasteiger partial charge in [0.25, 0.3) is 0 Å². The van der Waals surface area contributed by atoms with Crippen LogP contribution in [-0.4, -0.2) is 25.3 Å². The van der Waals surface area contributed by atoms with E-state index in [0.717, 1.165) is 12.0 Å². The second-order valence-electron chi connectivity index (χ2n) is 4.15. The van der Waals surface area contributed by atoms with Crippen LogP contribution in [0.2, 0.25) is 0 Å². The molecule has 2 unspecified atom stereocenters. The summed E-state index contributed by atoms with van der Waals surface area (Å²) in [6.45, 7) is 1.21. The molecule has 2 atom stereocenters. The fraction of sp³-hybridized carbons (Fsp3) is 0.385. The molecule has 0 saturated carbocycles. The van der Waals surface area contributed by atoms with Gasteiger partial charge in [0.2, 0.25) is 0 Å². The Hall–Kier alpha value is -2.06. The third-order valence-electron chi connectivity index (χ3n) is 2.80. The van der Waals surface area contributed by atoms with Crippen molar-refractivity contribution >= 4 is 6.03 Å². The maximum absolute atomic E-state index is 11.7. The van der Waals surface area contributed by atoms with E-state index < -0.39 is 6.04 Å². The van der Waals surface area contributed by atoms with Crippen molar-refractivity contribution in [1.82, 2.24) is 10.6 Å². The van der Waals surface area contributed by atoms with Gasteiger partial charge in [-0.05, 0) is 12.0 Å². The van der Waals surface area contributed by atoms with Gasteiger partial charge >= 0.3 is 6.03 Å². The van der Waals surface area contributed by atoms with E-state index in [4.69, 9.17) is 10.00 Å². The van der Waals surface area contributed by atoms with E-state index in [1.807, 2.05) is 30.3 Å². The van der Waals surface area contributed by atoms with Crippen molar-refractivity contribution in [2.75, 3.05) is 13.2 Å². The largest absolute Gasteiger partial charge is 0.379 e. The van der Waals surface area contributed by atoms with E-state index >= 15 is 0 Å². The number of nitriles is 1. The Morgan fingerprint density at radius 1 is 1.44 bits per heavy atom. The van der Waals surface area contributed by atoms with Gasteiger partial charge in [0.15, 0.2) is 0 Å². The Labute approximate surface area is 106 Å². The Balaban J connectivity index is 1.90. The van der Waals surface area contributed by atoms with Crippen molar-refractivity contribution in [1.29, 1.82) is 5.26 Å². The average molecular weight is 245 g/mol. The van der Waals surface area contributed by atoms with E-state index in [0.29, 0.717) is 13.2 Å². The number of carbonyl (C=O) groups excluding carboxylic acids is 1. The molecule has 18 heavy (non-hydrogen) atoms. The summed E-state index contributed by atoms with van der Waals surface area (Å²) in [6.07, 6.45) is 0.815. The molecule has 1 aliphatic heterocycles. The lowest BCUT2D eigenvalue weighted by Gasteiger charge is -2.15. The van der Waals surface area contributed by atoms with E-state index in [1.54, 1.807) is 0 Å². The Bertz CT molecular complexity index is 435. The molecule has 2 N–H and O–H groups in total. The minimum Gasteiger partial charge on any atom is -0.379 e. The topological polar surface area (TPSA) is 74.2 Å². The number of nitrogens with one attached hydrogen (secondary N) is 2. The van der Waals surface area contributed by atoms with E-state index in [1.165, 1.54) is 0 Å². The molecule has 2 amide bonds. The summed E-state index contributed by atoms with van der Waals surface area (Å²) in [7, 11) is 0. The van der Waals surface area contributed by atoms with Gasteiger partial charge in [0.1, 0.15) is 6.04 Å². The molecular formula is C13H15N3O2. The molecule has 5 nitrogen and oxygen atoms in total. The second-order valence-corrected chi connectivity index (χ2v) is 4.15. The van der Waals surface area contributed by atoms with Crippen LogP contribution in [0, 0.1) is 11.3 Å². The van der Waals surface area contributed by atoms with Gasteiger partial charge in [-0.1, -0.05) is 30.3 Å².